The molecule has 4 rings (SSSR count). The summed E-state index contributed by atoms with van der Waals surface area (Å²) in [5, 5.41) is 12.1. The van der Waals surface area contributed by atoms with Crippen molar-refractivity contribution < 1.29 is 19.0 Å². The highest BCUT2D eigenvalue weighted by Gasteiger charge is 2.28. The zero-order valence-electron chi connectivity index (χ0n) is 17.7. The van der Waals surface area contributed by atoms with E-state index in [0.29, 0.717) is 42.2 Å². The van der Waals surface area contributed by atoms with Gasteiger partial charge in [0.05, 0.1) is 12.9 Å². The maximum absolute atomic E-state index is 12.4. The van der Waals surface area contributed by atoms with Gasteiger partial charge in [0.25, 0.3) is 0 Å². The van der Waals surface area contributed by atoms with Crippen LogP contribution in [0.15, 0.2) is 66.3 Å². The lowest BCUT2D eigenvalue weighted by Gasteiger charge is -2.26. The fourth-order valence-electron chi connectivity index (χ4n) is 3.26. The zero-order valence-corrected chi connectivity index (χ0v) is 18.5. The van der Waals surface area contributed by atoms with E-state index in [9.17, 15) is 4.79 Å². The van der Waals surface area contributed by atoms with Crippen LogP contribution >= 0.6 is 11.8 Å². The number of ether oxygens (including phenoxy) is 3. The molecule has 8 nitrogen and oxygen atoms in total. The van der Waals surface area contributed by atoms with Gasteiger partial charge in [0, 0.05) is 13.1 Å². The van der Waals surface area contributed by atoms with Crippen molar-refractivity contribution in [3.05, 3.63) is 72.6 Å². The standard InChI is InChI=1S/C23H24N4O4S/c1-3-11-27-22(20-14-30-18-9-4-5-10-19(18)31-20)25-26-23(27)32-15-21(28)24-13-16-7-6-8-17(12-16)29-2/h3-10,12,20H,1,11,13-15H2,2H3,(H,24,28). The van der Waals surface area contributed by atoms with Crippen LogP contribution in [0.3, 0.4) is 0 Å². The molecule has 0 spiro atoms. The monoisotopic (exact) mass is 452 g/mol. The summed E-state index contributed by atoms with van der Waals surface area (Å²) < 4.78 is 19.0. The van der Waals surface area contributed by atoms with Crippen LogP contribution in [-0.4, -0.2) is 40.1 Å². The van der Waals surface area contributed by atoms with Crippen molar-refractivity contribution in [1.82, 2.24) is 20.1 Å². The summed E-state index contributed by atoms with van der Waals surface area (Å²) in [5.74, 6) is 2.89. The van der Waals surface area contributed by atoms with E-state index >= 15 is 0 Å². The molecule has 32 heavy (non-hydrogen) atoms. The first-order valence-corrected chi connectivity index (χ1v) is 11.1. The Hall–Kier alpha value is -3.46. The van der Waals surface area contributed by atoms with E-state index in [1.54, 1.807) is 13.2 Å². The average Bonchev–Trinajstić information content (AvgIpc) is 3.24. The lowest BCUT2D eigenvalue weighted by Crippen LogP contribution is -2.25. The molecule has 0 bridgehead atoms. The van der Waals surface area contributed by atoms with Gasteiger partial charge in [-0.2, -0.15) is 0 Å². The molecule has 1 aromatic heterocycles. The maximum atomic E-state index is 12.4. The molecule has 0 aliphatic carbocycles. The van der Waals surface area contributed by atoms with E-state index in [-0.39, 0.29) is 11.7 Å². The van der Waals surface area contributed by atoms with Crippen molar-refractivity contribution >= 4 is 17.7 Å². The number of allylic oxidation sites excluding steroid dienone is 1. The fraction of sp³-hybridized carbons (Fsp3) is 0.261. The molecule has 2 heterocycles. The normalized spacial score (nSPS) is 14.6. The molecule has 1 aliphatic heterocycles. The van der Waals surface area contributed by atoms with Gasteiger partial charge in [-0.05, 0) is 29.8 Å². The van der Waals surface area contributed by atoms with Gasteiger partial charge in [-0.3, -0.25) is 9.36 Å². The topological polar surface area (TPSA) is 87.5 Å². The molecular formula is C23H24N4O4S. The minimum absolute atomic E-state index is 0.0984. The highest BCUT2D eigenvalue weighted by Crippen LogP contribution is 2.36. The summed E-state index contributed by atoms with van der Waals surface area (Å²) in [7, 11) is 1.62. The van der Waals surface area contributed by atoms with E-state index in [1.165, 1.54) is 11.8 Å². The minimum Gasteiger partial charge on any atom is -0.497 e. The van der Waals surface area contributed by atoms with Crippen molar-refractivity contribution in [2.75, 3.05) is 19.5 Å². The van der Waals surface area contributed by atoms with Crippen LogP contribution in [0.2, 0.25) is 0 Å². The second kappa shape index (κ2) is 10.2. The zero-order chi connectivity index (χ0) is 22.3. The smallest absolute Gasteiger partial charge is 0.230 e. The van der Waals surface area contributed by atoms with Crippen LogP contribution in [0, 0.1) is 0 Å². The van der Waals surface area contributed by atoms with E-state index in [0.717, 1.165) is 11.3 Å². The molecule has 1 N–H and O–H groups in total. The second-order valence-electron chi connectivity index (χ2n) is 7.02. The predicted molar refractivity (Wildman–Crippen MR) is 121 cm³/mol. The summed E-state index contributed by atoms with van der Waals surface area (Å²) >= 11 is 1.32. The number of fused-ring (bicyclic) bond motifs is 1. The van der Waals surface area contributed by atoms with Gasteiger partial charge in [0.15, 0.2) is 28.6 Å². The van der Waals surface area contributed by atoms with Crippen LogP contribution in [0.25, 0.3) is 0 Å². The van der Waals surface area contributed by atoms with Crippen LogP contribution in [-0.2, 0) is 17.9 Å². The van der Waals surface area contributed by atoms with E-state index < -0.39 is 6.10 Å². The Balaban J connectivity index is 1.38. The first-order valence-electron chi connectivity index (χ1n) is 10.1. The van der Waals surface area contributed by atoms with Gasteiger partial charge in [0.1, 0.15) is 12.4 Å². The number of thioether (sulfide) groups is 1. The first-order chi connectivity index (χ1) is 15.7. The van der Waals surface area contributed by atoms with Crippen molar-refractivity contribution in [3.63, 3.8) is 0 Å². The highest BCUT2D eigenvalue weighted by atomic mass is 32.2. The average molecular weight is 453 g/mol. The summed E-state index contributed by atoms with van der Waals surface area (Å²) in [6.45, 7) is 5.08. The molecule has 0 saturated carbocycles. The number of para-hydroxylation sites is 2. The minimum atomic E-state index is -0.395. The largest absolute Gasteiger partial charge is 0.497 e. The summed E-state index contributed by atoms with van der Waals surface area (Å²) in [4.78, 5) is 12.4. The molecule has 1 amide bonds. The van der Waals surface area contributed by atoms with Crippen LogP contribution in [0.4, 0.5) is 0 Å². The number of nitrogens with zero attached hydrogens (tertiary/aromatic N) is 3. The Kier molecular flexibility index (Phi) is 6.96. The maximum Gasteiger partial charge on any atom is 0.230 e. The van der Waals surface area contributed by atoms with Gasteiger partial charge in [0.2, 0.25) is 5.91 Å². The summed E-state index contributed by atoms with van der Waals surface area (Å²) in [5.41, 5.74) is 0.967. The number of carbonyl (C=O) groups excluding carboxylic acids is 1. The quantitative estimate of drug-likeness (QED) is 0.393. The molecule has 9 heteroatoms. The lowest BCUT2D eigenvalue weighted by atomic mass is 10.2. The molecule has 0 radical (unpaired) electrons. The number of carbonyl (C=O) groups is 1. The molecule has 166 valence electrons. The van der Waals surface area contributed by atoms with Crippen molar-refractivity contribution in [1.29, 1.82) is 0 Å². The third-order valence-corrected chi connectivity index (χ3v) is 5.78. The molecule has 1 unspecified atom stereocenters. The van der Waals surface area contributed by atoms with Gasteiger partial charge < -0.3 is 19.5 Å². The van der Waals surface area contributed by atoms with Crippen LogP contribution in [0.1, 0.15) is 17.5 Å². The number of nitrogens with one attached hydrogen (secondary N) is 1. The van der Waals surface area contributed by atoms with E-state index in [2.05, 4.69) is 22.1 Å². The molecule has 0 saturated heterocycles. The Labute approximate surface area is 190 Å². The molecular weight excluding hydrogens is 428 g/mol. The lowest BCUT2D eigenvalue weighted by molar-refractivity contribution is -0.118. The van der Waals surface area contributed by atoms with Gasteiger partial charge in [-0.25, -0.2) is 0 Å². The van der Waals surface area contributed by atoms with Crippen molar-refractivity contribution in [2.45, 2.75) is 24.3 Å². The highest BCUT2D eigenvalue weighted by molar-refractivity contribution is 7.99. The van der Waals surface area contributed by atoms with Gasteiger partial charge in [-0.15, -0.1) is 16.8 Å². The Bertz CT molecular complexity index is 1100. The number of methoxy groups -OCH3 is 1. The summed E-state index contributed by atoms with van der Waals surface area (Å²) in [6.07, 6.45) is 1.37. The number of amides is 1. The number of hydrogen-bond donors (Lipinski definition) is 1. The molecule has 3 aromatic rings. The first kappa shape index (κ1) is 21.8. The summed E-state index contributed by atoms with van der Waals surface area (Å²) in [6, 6.07) is 15.1. The Morgan fingerprint density at radius 2 is 2.12 bits per heavy atom. The van der Waals surface area contributed by atoms with Gasteiger partial charge in [-0.1, -0.05) is 42.1 Å². The number of aromatic nitrogens is 3. The van der Waals surface area contributed by atoms with E-state index in [4.69, 9.17) is 14.2 Å². The SMILES string of the molecule is C=CCn1c(SCC(=O)NCc2cccc(OC)c2)nnc1C1COc2ccccc2O1. The predicted octanol–water partition coefficient (Wildman–Crippen LogP) is 3.39. The van der Waals surface area contributed by atoms with Crippen LogP contribution in [0.5, 0.6) is 17.2 Å². The molecule has 0 fully saturated rings. The van der Waals surface area contributed by atoms with Crippen molar-refractivity contribution in [2.24, 2.45) is 0 Å². The second-order valence-corrected chi connectivity index (χ2v) is 7.96. The number of hydrogen-bond acceptors (Lipinski definition) is 7. The fourth-order valence-corrected chi connectivity index (χ4v) is 4.04. The third-order valence-electron chi connectivity index (χ3n) is 4.81. The van der Waals surface area contributed by atoms with E-state index in [1.807, 2.05) is 53.1 Å². The van der Waals surface area contributed by atoms with Gasteiger partial charge >= 0.3 is 0 Å². The number of rotatable bonds is 9. The molecule has 1 atom stereocenters. The number of benzene rings is 2. The molecule has 1 aliphatic rings. The molecule has 2 aromatic carbocycles. The Morgan fingerprint density at radius 1 is 1.28 bits per heavy atom. The van der Waals surface area contributed by atoms with Crippen molar-refractivity contribution in [3.8, 4) is 17.2 Å². The Morgan fingerprint density at radius 3 is 2.94 bits per heavy atom. The van der Waals surface area contributed by atoms with Crippen LogP contribution < -0.4 is 19.5 Å². The third kappa shape index (κ3) is 5.05.